The molecule has 85 valence electrons. The molecule has 1 heterocycles. The van der Waals surface area contributed by atoms with Gasteiger partial charge in [-0.05, 0) is 30.4 Å². The van der Waals surface area contributed by atoms with E-state index in [4.69, 9.17) is 0 Å². The smallest absolute Gasteiger partial charge is 0.285 e. The van der Waals surface area contributed by atoms with Crippen molar-refractivity contribution in [3.63, 3.8) is 0 Å². The maximum absolute atomic E-state index is 2.23. The molecule has 2 aromatic rings. The average Bonchev–Trinajstić information content (AvgIpc) is 2.35. The third-order valence-corrected chi connectivity index (χ3v) is 2.81. The summed E-state index contributed by atoms with van der Waals surface area (Å²) in [6.07, 6.45) is 6.50. The van der Waals surface area contributed by atoms with Gasteiger partial charge in [-0.15, -0.1) is 0 Å². The summed E-state index contributed by atoms with van der Waals surface area (Å²) in [6, 6.07) is 10.8. The van der Waals surface area contributed by atoms with E-state index in [1.165, 1.54) is 16.5 Å². The van der Waals surface area contributed by atoms with Crippen LogP contribution < -0.4 is 4.48 Å². The number of fused-ring (bicyclic) bond motifs is 1. The van der Waals surface area contributed by atoms with E-state index < -0.39 is 0 Å². The van der Waals surface area contributed by atoms with E-state index in [1.807, 2.05) is 0 Å². The number of hydrogen-bond acceptors (Lipinski definition) is 0. The Morgan fingerprint density at radius 2 is 2.06 bits per heavy atom. The summed E-state index contributed by atoms with van der Waals surface area (Å²) < 4.78 is 2.15. The van der Waals surface area contributed by atoms with Gasteiger partial charge in [-0.1, -0.05) is 32.1 Å². The molecular formula is C15H18BN+. The molecule has 0 aliphatic carbocycles. The maximum Gasteiger partial charge on any atom is 0.536 e. The molecule has 0 fully saturated rings. The molecule has 1 aromatic heterocycles. The van der Waals surface area contributed by atoms with Crippen LogP contribution >= 0.6 is 0 Å². The Kier molecular flexibility index (Phi) is 3.63. The maximum atomic E-state index is 2.23. The van der Waals surface area contributed by atoms with Crippen molar-refractivity contribution in [3.8, 4) is 0 Å². The number of benzene rings is 1. The van der Waals surface area contributed by atoms with Gasteiger partial charge in [0.2, 0.25) is 0 Å². The minimum atomic E-state index is 0.589. The third kappa shape index (κ3) is 2.76. The van der Waals surface area contributed by atoms with Crippen molar-refractivity contribution >= 4 is 24.4 Å². The van der Waals surface area contributed by atoms with Crippen LogP contribution in [-0.2, 0) is 0 Å². The summed E-state index contributed by atoms with van der Waals surface area (Å²) in [5.41, 5.74) is 2.51. The van der Waals surface area contributed by atoms with Crippen LogP contribution in [0.15, 0.2) is 42.6 Å². The predicted molar refractivity (Wildman–Crippen MR) is 75.0 cm³/mol. The number of rotatable bonds is 3. The lowest BCUT2D eigenvalue weighted by atomic mass is 9.97. The van der Waals surface area contributed by atoms with Crippen LogP contribution in [0.2, 0.25) is 6.82 Å². The molecule has 2 rings (SSSR count). The highest BCUT2D eigenvalue weighted by Gasteiger charge is 2.07. The fourth-order valence-corrected chi connectivity index (χ4v) is 1.88. The number of hydrogen-bond donors (Lipinski definition) is 0. The van der Waals surface area contributed by atoms with Crippen LogP contribution in [0.3, 0.4) is 0 Å². The lowest BCUT2D eigenvalue weighted by Gasteiger charge is -2.01. The Hall–Kier alpha value is -1.57. The van der Waals surface area contributed by atoms with Gasteiger partial charge >= 0.3 is 7.41 Å². The highest BCUT2D eigenvalue weighted by molar-refractivity contribution is 6.23. The number of allylic oxidation sites excluding steroid dienone is 1. The molecule has 0 saturated heterocycles. The van der Waals surface area contributed by atoms with E-state index in [2.05, 4.69) is 81.2 Å². The number of nitrogens with zero attached hydrogens (tertiary/aromatic N) is 1. The minimum absolute atomic E-state index is 0.589. The second kappa shape index (κ2) is 5.18. The van der Waals surface area contributed by atoms with E-state index in [0.29, 0.717) is 5.92 Å². The summed E-state index contributed by atoms with van der Waals surface area (Å²) in [5, 5.41) is 1.27. The summed E-state index contributed by atoms with van der Waals surface area (Å²) in [6.45, 7) is 6.44. The van der Waals surface area contributed by atoms with Gasteiger partial charge in [0.1, 0.15) is 6.20 Å². The van der Waals surface area contributed by atoms with Crippen molar-refractivity contribution in [3.05, 3.63) is 48.2 Å². The van der Waals surface area contributed by atoms with Crippen molar-refractivity contribution in [2.45, 2.75) is 20.7 Å². The lowest BCUT2D eigenvalue weighted by molar-refractivity contribution is -0.498. The summed E-state index contributed by atoms with van der Waals surface area (Å²) in [5.74, 6) is 0.589. The van der Waals surface area contributed by atoms with Crippen LogP contribution in [-0.4, -0.2) is 7.41 Å². The fourth-order valence-electron chi connectivity index (χ4n) is 1.88. The third-order valence-electron chi connectivity index (χ3n) is 2.81. The molecule has 0 saturated carbocycles. The van der Waals surface area contributed by atoms with Crippen molar-refractivity contribution in [2.24, 2.45) is 5.92 Å². The molecule has 0 N–H and O–H groups in total. The summed E-state index contributed by atoms with van der Waals surface area (Å²) >= 11 is 0. The molecule has 0 amide bonds. The Balaban J connectivity index is 2.48. The second-order valence-corrected chi connectivity index (χ2v) is 4.60. The molecule has 1 nitrogen and oxygen atoms in total. The number of pyridine rings is 1. The molecule has 1 radical (unpaired) electrons. The largest absolute Gasteiger partial charge is 0.536 e. The van der Waals surface area contributed by atoms with Gasteiger partial charge in [0, 0.05) is 17.5 Å². The molecule has 0 bridgehead atoms. The van der Waals surface area contributed by atoms with Gasteiger partial charge in [0.25, 0.3) is 0 Å². The van der Waals surface area contributed by atoms with Gasteiger partial charge in [-0.3, -0.25) is 4.48 Å². The monoisotopic (exact) mass is 223 g/mol. The fraction of sp³-hybridized carbons (Fsp3) is 0.267. The van der Waals surface area contributed by atoms with Crippen LogP contribution in [0.5, 0.6) is 0 Å². The molecule has 17 heavy (non-hydrogen) atoms. The van der Waals surface area contributed by atoms with Gasteiger partial charge in [-0.2, -0.15) is 0 Å². The second-order valence-electron chi connectivity index (χ2n) is 4.60. The zero-order valence-corrected chi connectivity index (χ0v) is 10.7. The van der Waals surface area contributed by atoms with E-state index >= 15 is 0 Å². The van der Waals surface area contributed by atoms with Crippen LogP contribution in [0, 0.1) is 5.92 Å². The highest BCUT2D eigenvalue weighted by atomic mass is 14.8. The Bertz CT molecular complexity index is 544. The van der Waals surface area contributed by atoms with Crippen LogP contribution in [0.25, 0.3) is 17.0 Å². The molecule has 0 aliphatic rings. The normalized spacial score (nSPS) is 11.5. The van der Waals surface area contributed by atoms with Crippen LogP contribution in [0.1, 0.15) is 19.4 Å². The van der Waals surface area contributed by atoms with Crippen LogP contribution in [0.4, 0.5) is 0 Å². The average molecular weight is 223 g/mol. The van der Waals surface area contributed by atoms with E-state index in [0.717, 1.165) is 0 Å². The van der Waals surface area contributed by atoms with Crippen molar-refractivity contribution < 1.29 is 4.48 Å². The molecule has 0 unspecified atom stereocenters. The van der Waals surface area contributed by atoms with Gasteiger partial charge in [0.05, 0.1) is 0 Å². The van der Waals surface area contributed by atoms with Gasteiger partial charge in [0.15, 0.2) is 5.52 Å². The van der Waals surface area contributed by atoms with Crippen molar-refractivity contribution in [1.82, 2.24) is 0 Å². The molecule has 2 heteroatoms. The molecule has 0 aliphatic heterocycles. The zero-order chi connectivity index (χ0) is 12.3. The minimum Gasteiger partial charge on any atom is -0.285 e. The molecule has 1 aromatic carbocycles. The first kappa shape index (κ1) is 11.9. The molecule has 0 spiro atoms. The molecule has 0 atom stereocenters. The van der Waals surface area contributed by atoms with E-state index in [1.54, 1.807) is 0 Å². The predicted octanol–water partition coefficient (Wildman–Crippen LogP) is 3.31. The Morgan fingerprint density at radius 1 is 1.24 bits per heavy atom. The van der Waals surface area contributed by atoms with Crippen molar-refractivity contribution in [2.75, 3.05) is 0 Å². The first-order chi connectivity index (χ1) is 8.20. The first-order valence-corrected chi connectivity index (χ1v) is 6.12. The zero-order valence-electron chi connectivity index (χ0n) is 10.7. The highest BCUT2D eigenvalue weighted by Crippen LogP contribution is 2.13. The SMILES string of the molecule is C[B][n+]1cccc2ccc(/C=C/C(C)C)cc21. The van der Waals surface area contributed by atoms with Gasteiger partial charge in [-0.25, -0.2) is 0 Å². The first-order valence-electron chi connectivity index (χ1n) is 6.12. The Morgan fingerprint density at radius 3 is 2.76 bits per heavy atom. The lowest BCUT2D eigenvalue weighted by Crippen LogP contribution is -2.38. The topological polar surface area (TPSA) is 3.88 Å². The van der Waals surface area contributed by atoms with E-state index in [-0.39, 0.29) is 0 Å². The quantitative estimate of drug-likeness (QED) is 0.703. The summed E-state index contributed by atoms with van der Waals surface area (Å²) in [7, 11) is 2.08. The number of aromatic nitrogens is 1. The summed E-state index contributed by atoms with van der Waals surface area (Å²) in [4.78, 5) is 0. The molecular weight excluding hydrogens is 205 g/mol. The standard InChI is InChI=1S/C15H18BN/c1-12(2)6-7-13-8-9-14-5-4-10-17(16-3)15(14)11-13/h4-12H,1-3H3/q+1/b7-6+. The Labute approximate surface area is 104 Å². The van der Waals surface area contributed by atoms with E-state index in [9.17, 15) is 0 Å². The van der Waals surface area contributed by atoms with Gasteiger partial charge < -0.3 is 0 Å². The van der Waals surface area contributed by atoms with Crippen molar-refractivity contribution in [1.29, 1.82) is 0 Å².